The minimum Gasteiger partial charge on any atom is -0.498 e. The van der Waals surface area contributed by atoms with Crippen molar-refractivity contribution in [1.29, 1.82) is 0 Å². The Kier molecular flexibility index (Phi) is 9.74. The molecule has 7 heteroatoms. The normalized spacial score (nSPS) is 26.5. The van der Waals surface area contributed by atoms with Crippen molar-refractivity contribution in [2.75, 3.05) is 59.5 Å². The van der Waals surface area contributed by atoms with Crippen LogP contribution in [0.1, 0.15) is 71.6 Å². The number of rotatable bonds is 12. The summed E-state index contributed by atoms with van der Waals surface area (Å²) in [6, 6.07) is 0.488. The maximum absolute atomic E-state index is 13.5. The Morgan fingerprint density at radius 1 is 1.11 bits per heavy atom. The van der Waals surface area contributed by atoms with Gasteiger partial charge in [-0.25, -0.2) is 4.79 Å². The van der Waals surface area contributed by atoms with Crippen molar-refractivity contribution < 1.29 is 14.3 Å². The molecule has 0 bridgehead atoms. The Labute approximate surface area is 218 Å². The number of carbonyl (C=O) groups is 2. The van der Waals surface area contributed by atoms with Crippen molar-refractivity contribution in [3.8, 4) is 0 Å². The maximum atomic E-state index is 13.5. The maximum Gasteiger partial charge on any atom is 0.319 e. The van der Waals surface area contributed by atoms with Gasteiger partial charge in [0, 0.05) is 58.3 Å². The van der Waals surface area contributed by atoms with Gasteiger partial charge < -0.3 is 19.4 Å². The number of carbonyl (C=O) groups excluding carboxylic acids is 2. The predicted octanol–water partition coefficient (Wildman–Crippen LogP) is 4.50. The summed E-state index contributed by atoms with van der Waals surface area (Å²) in [7, 11) is 1.90. The molecule has 7 nitrogen and oxygen atoms in total. The third-order valence-corrected chi connectivity index (χ3v) is 8.64. The van der Waals surface area contributed by atoms with Gasteiger partial charge >= 0.3 is 6.03 Å². The first kappa shape index (κ1) is 27.0. The lowest BCUT2D eigenvalue weighted by Gasteiger charge is -2.35. The number of unbranched alkanes of at least 4 members (excludes halogenated alkanes) is 2. The second-order valence-electron chi connectivity index (χ2n) is 11.3. The second-order valence-corrected chi connectivity index (χ2v) is 11.3. The summed E-state index contributed by atoms with van der Waals surface area (Å²) in [5.41, 5.74) is 1.52. The van der Waals surface area contributed by atoms with E-state index in [2.05, 4.69) is 35.8 Å². The number of hydrogen-bond acceptors (Lipinski definition) is 4. The van der Waals surface area contributed by atoms with Gasteiger partial charge in [-0.1, -0.05) is 38.3 Å². The van der Waals surface area contributed by atoms with Crippen LogP contribution in [0.4, 0.5) is 4.79 Å². The molecule has 0 saturated carbocycles. The van der Waals surface area contributed by atoms with Gasteiger partial charge in [0.15, 0.2) is 0 Å². The number of urea groups is 1. The van der Waals surface area contributed by atoms with Crippen LogP contribution in [0.5, 0.6) is 0 Å². The number of hydrogen-bond donors (Lipinski definition) is 0. The van der Waals surface area contributed by atoms with E-state index < -0.39 is 0 Å². The molecule has 36 heavy (non-hydrogen) atoms. The molecule has 4 aliphatic rings. The Morgan fingerprint density at radius 3 is 2.64 bits per heavy atom. The lowest BCUT2D eigenvalue weighted by Crippen LogP contribution is -2.49. The zero-order chi connectivity index (χ0) is 25.5. The van der Waals surface area contributed by atoms with Gasteiger partial charge in [-0.3, -0.25) is 9.69 Å². The van der Waals surface area contributed by atoms with Gasteiger partial charge in [-0.2, -0.15) is 0 Å². The fourth-order valence-electron chi connectivity index (χ4n) is 6.33. The van der Waals surface area contributed by atoms with Crippen LogP contribution in [0, 0.1) is 11.8 Å². The lowest BCUT2D eigenvalue weighted by molar-refractivity contribution is -0.132. The Bertz CT molecular complexity index is 817. The first-order chi connectivity index (χ1) is 17.5. The van der Waals surface area contributed by atoms with E-state index in [-0.39, 0.29) is 11.9 Å². The van der Waals surface area contributed by atoms with Crippen LogP contribution >= 0.6 is 0 Å². The Balaban J connectivity index is 1.42. The summed E-state index contributed by atoms with van der Waals surface area (Å²) >= 11 is 0. The van der Waals surface area contributed by atoms with Gasteiger partial charge in [-0.15, -0.1) is 0 Å². The molecule has 4 rings (SSSR count). The fourth-order valence-corrected chi connectivity index (χ4v) is 6.33. The third-order valence-electron chi connectivity index (χ3n) is 8.64. The molecule has 3 fully saturated rings. The van der Waals surface area contributed by atoms with Crippen molar-refractivity contribution in [2.24, 2.45) is 11.8 Å². The first-order valence-electron chi connectivity index (χ1n) is 14.5. The first-order valence-corrected chi connectivity index (χ1v) is 14.5. The zero-order valence-corrected chi connectivity index (χ0v) is 22.9. The van der Waals surface area contributed by atoms with E-state index in [4.69, 9.17) is 4.74 Å². The monoisotopic (exact) mass is 500 g/mol. The summed E-state index contributed by atoms with van der Waals surface area (Å²) in [6.07, 6.45) is 14.1. The molecule has 3 heterocycles. The standard InChI is InChI=1S/C29H48N4O3/c1-4-6-14-31(15-7-5-2)28(34)22-33-21-25(23-9-10-27-24(19-23)12-18-36-27)20-26(33)11-17-32-16-8-13-30(3)29(32)35/h9-10,24-26H,4-8,11-22H2,1-3H3/t24?,25-,26+/m1/s1. The van der Waals surface area contributed by atoms with Gasteiger partial charge in [0.05, 0.1) is 18.9 Å². The number of amides is 3. The summed E-state index contributed by atoms with van der Waals surface area (Å²) in [5, 5.41) is 0. The topological polar surface area (TPSA) is 56.3 Å². The third kappa shape index (κ3) is 6.64. The van der Waals surface area contributed by atoms with Crippen molar-refractivity contribution in [3.05, 3.63) is 23.5 Å². The molecule has 3 amide bonds. The molecule has 3 atom stereocenters. The molecule has 0 radical (unpaired) electrons. The molecule has 0 aromatic rings. The van der Waals surface area contributed by atoms with Gasteiger partial charge in [0.1, 0.15) is 0 Å². The highest BCUT2D eigenvalue weighted by Crippen LogP contribution is 2.40. The van der Waals surface area contributed by atoms with E-state index in [1.807, 2.05) is 16.8 Å². The van der Waals surface area contributed by atoms with Gasteiger partial charge in [0.25, 0.3) is 0 Å². The Hall–Kier alpha value is -2.02. The highest BCUT2D eigenvalue weighted by Gasteiger charge is 2.38. The molecule has 3 aliphatic heterocycles. The molecule has 0 aromatic heterocycles. The highest BCUT2D eigenvalue weighted by molar-refractivity contribution is 5.78. The molecule has 3 saturated heterocycles. The number of nitrogens with zero attached hydrogens (tertiary/aromatic N) is 4. The molecular formula is C29H48N4O3. The van der Waals surface area contributed by atoms with Gasteiger partial charge in [0.2, 0.25) is 5.91 Å². The number of ether oxygens (including phenoxy) is 1. The van der Waals surface area contributed by atoms with E-state index in [0.29, 0.717) is 24.4 Å². The van der Waals surface area contributed by atoms with Crippen LogP contribution in [0.25, 0.3) is 0 Å². The fraction of sp³-hybridized carbons (Fsp3) is 0.793. The average Bonchev–Trinajstić information content (AvgIpc) is 3.51. The van der Waals surface area contributed by atoms with Crippen LogP contribution in [0.15, 0.2) is 23.5 Å². The average molecular weight is 501 g/mol. The van der Waals surface area contributed by atoms with Gasteiger partial charge in [-0.05, 0) is 56.9 Å². The van der Waals surface area contributed by atoms with Crippen LogP contribution < -0.4 is 0 Å². The minimum atomic E-state index is 0.151. The largest absolute Gasteiger partial charge is 0.498 e. The van der Waals surface area contributed by atoms with E-state index in [9.17, 15) is 9.59 Å². The summed E-state index contributed by atoms with van der Waals surface area (Å²) in [5.74, 6) is 2.47. The molecule has 0 spiro atoms. The molecule has 202 valence electrons. The molecule has 1 unspecified atom stereocenters. The van der Waals surface area contributed by atoms with E-state index in [1.165, 1.54) is 5.57 Å². The number of allylic oxidation sites excluding steroid dienone is 3. The van der Waals surface area contributed by atoms with E-state index in [0.717, 1.165) is 109 Å². The predicted molar refractivity (Wildman–Crippen MR) is 144 cm³/mol. The Morgan fingerprint density at radius 2 is 1.89 bits per heavy atom. The van der Waals surface area contributed by atoms with Crippen LogP contribution in [-0.2, 0) is 9.53 Å². The highest BCUT2D eigenvalue weighted by atomic mass is 16.5. The van der Waals surface area contributed by atoms with Crippen molar-refractivity contribution in [3.63, 3.8) is 0 Å². The molecule has 1 aliphatic carbocycles. The van der Waals surface area contributed by atoms with Crippen LogP contribution in [-0.4, -0.2) is 97.0 Å². The smallest absolute Gasteiger partial charge is 0.319 e. The zero-order valence-electron chi connectivity index (χ0n) is 22.9. The van der Waals surface area contributed by atoms with E-state index >= 15 is 0 Å². The minimum absolute atomic E-state index is 0.151. The lowest BCUT2D eigenvalue weighted by atomic mass is 9.83. The number of likely N-dealkylation sites (tertiary alicyclic amines) is 1. The summed E-state index contributed by atoms with van der Waals surface area (Å²) < 4.78 is 5.79. The molecule has 0 aromatic carbocycles. The number of fused-ring (bicyclic) bond motifs is 1. The van der Waals surface area contributed by atoms with Crippen LogP contribution in [0.3, 0.4) is 0 Å². The van der Waals surface area contributed by atoms with E-state index in [1.54, 1.807) is 0 Å². The van der Waals surface area contributed by atoms with Crippen LogP contribution in [0.2, 0.25) is 0 Å². The second kappa shape index (κ2) is 13.0. The summed E-state index contributed by atoms with van der Waals surface area (Å²) in [4.78, 5) is 34.5. The summed E-state index contributed by atoms with van der Waals surface area (Å²) in [6.45, 7) is 10.9. The van der Waals surface area contributed by atoms with Crippen molar-refractivity contribution >= 4 is 11.9 Å². The van der Waals surface area contributed by atoms with Crippen molar-refractivity contribution in [1.82, 2.24) is 19.6 Å². The van der Waals surface area contributed by atoms with Crippen molar-refractivity contribution in [2.45, 2.75) is 77.7 Å². The molecule has 0 N–H and O–H groups in total. The SMILES string of the molecule is CCCCN(CCCC)C(=O)CN1C[C@H](C2=CC=C3OCCC3C2)C[C@@H]1CCN1CCCN(C)C1=O. The quantitative estimate of drug-likeness (QED) is 0.396. The molecular weight excluding hydrogens is 452 g/mol.